The molecule has 0 bridgehead atoms. The van der Waals surface area contributed by atoms with Crippen LogP contribution in [0.25, 0.3) is 0 Å². The fourth-order valence-corrected chi connectivity index (χ4v) is 1.30. The van der Waals surface area contributed by atoms with Gasteiger partial charge in [0.15, 0.2) is 0 Å². The molecule has 0 aliphatic carbocycles. The highest BCUT2D eigenvalue weighted by atomic mass is 35.5. The zero-order valence-corrected chi connectivity index (χ0v) is 7.78. The van der Waals surface area contributed by atoms with Gasteiger partial charge in [-0.3, -0.25) is 0 Å². The molecule has 2 aromatic rings. The maximum atomic E-state index is 5.68. The predicted molar refractivity (Wildman–Crippen MR) is 52.8 cm³/mol. The lowest BCUT2D eigenvalue weighted by Gasteiger charge is -2.01. The molecule has 66 valence electrons. The number of aromatic nitrogens is 2. The summed E-state index contributed by atoms with van der Waals surface area (Å²) < 4.78 is 2.09. The van der Waals surface area contributed by atoms with Crippen LogP contribution >= 0.6 is 11.6 Å². The number of rotatable bonds is 2. The number of halogens is 1. The summed E-state index contributed by atoms with van der Waals surface area (Å²) in [5.41, 5.74) is 1.15. The Morgan fingerprint density at radius 3 is 2.62 bits per heavy atom. The average Bonchev–Trinajstić information content (AvgIpc) is 2.62. The van der Waals surface area contributed by atoms with Crippen molar-refractivity contribution >= 4 is 11.6 Å². The minimum atomic E-state index is 0.538. The van der Waals surface area contributed by atoms with Gasteiger partial charge < -0.3 is 4.57 Å². The molecule has 0 aromatic carbocycles. The van der Waals surface area contributed by atoms with Gasteiger partial charge in [-0.15, -0.1) is 0 Å². The number of nitrogens with zero attached hydrogens (tertiary/aromatic N) is 2. The molecule has 0 saturated heterocycles. The average molecular weight is 193 g/mol. The van der Waals surface area contributed by atoms with E-state index in [0.29, 0.717) is 5.15 Å². The molecule has 2 heterocycles. The van der Waals surface area contributed by atoms with E-state index in [4.69, 9.17) is 11.6 Å². The Bertz CT molecular complexity index is 364. The summed E-state index contributed by atoms with van der Waals surface area (Å²) in [4.78, 5) is 4.01. The van der Waals surface area contributed by atoms with E-state index in [9.17, 15) is 0 Å². The van der Waals surface area contributed by atoms with Crippen LogP contribution in [0.4, 0.5) is 0 Å². The Morgan fingerprint density at radius 1 is 1.23 bits per heavy atom. The van der Waals surface area contributed by atoms with Gasteiger partial charge in [-0.2, -0.15) is 0 Å². The van der Waals surface area contributed by atoms with Gasteiger partial charge in [0.05, 0.1) is 0 Å². The molecule has 0 aliphatic heterocycles. The van der Waals surface area contributed by atoms with E-state index in [2.05, 4.69) is 9.55 Å². The third kappa shape index (κ3) is 2.10. The first-order valence-electron chi connectivity index (χ1n) is 4.06. The van der Waals surface area contributed by atoms with Crippen LogP contribution in [0.5, 0.6) is 0 Å². The lowest BCUT2D eigenvalue weighted by Crippen LogP contribution is -1.96. The summed E-state index contributed by atoms with van der Waals surface area (Å²) in [7, 11) is 0. The van der Waals surface area contributed by atoms with Crippen LogP contribution in [-0.4, -0.2) is 9.55 Å². The molecule has 0 saturated carbocycles. The molecular weight excluding hydrogens is 184 g/mol. The van der Waals surface area contributed by atoms with Crippen LogP contribution in [0.15, 0.2) is 42.9 Å². The van der Waals surface area contributed by atoms with Gasteiger partial charge >= 0.3 is 0 Å². The van der Waals surface area contributed by atoms with E-state index in [1.807, 2.05) is 30.6 Å². The third-order valence-electron chi connectivity index (χ3n) is 1.82. The van der Waals surface area contributed by atoms with Crippen LogP contribution in [-0.2, 0) is 6.54 Å². The first kappa shape index (κ1) is 8.32. The zero-order valence-electron chi connectivity index (χ0n) is 7.02. The molecule has 0 radical (unpaired) electrons. The van der Waals surface area contributed by atoms with Gasteiger partial charge in [-0.25, -0.2) is 4.98 Å². The highest BCUT2D eigenvalue weighted by Gasteiger charge is 1.94. The molecule has 3 heteroatoms. The maximum absolute atomic E-state index is 5.68. The summed E-state index contributed by atoms with van der Waals surface area (Å²) in [6, 6.07) is 7.79. The molecule has 0 atom stereocenters. The number of hydrogen-bond acceptors (Lipinski definition) is 1. The highest BCUT2D eigenvalue weighted by molar-refractivity contribution is 6.29. The van der Waals surface area contributed by atoms with Gasteiger partial charge in [0.1, 0.15) is 5.15 Å². The third-order valence-corrected chi connectivity index (χ3v) is 2.04. The highest BCUT2D eigenvalue weighted by Crippen LogP contribution is 2.06. The van der Waals surface area contributed by atoms with E-state index in [-0.39, 0.29) is 0 Å². The van der Waals surface area contributed by atoms with Crippen molar-refractivity contribution in [1.29, 1.82) is 0 Å². The fourth-order valence-electron chi connectivity index (χ4n) is 1.19. The van der Waals surface area contributed by atoms with Gasteiger partial charge in [0.2, 0.25) is 0 Å². The van der Waals surface area contributed by atoms with Gasteiger partial charge in [-0.05, 0) is 23.8 Å². The molecule has 0 unspecified atom stereocenters. The van der Waals surface area contributed by atoms with Crippen molar-refractivity contribution in [2.75, 3.05) is 0 Å². The maximum Gasteiger partial charge on any atom is 0.129 e. The van der Waals surface area contributed by atoms with Gasteiger partial charge in [0.25, 0.3) is 0 Å². The van der Waals surface area contributed by atoms with E-state index in [1.165, 1.54) is 0 Å². The summed E-state index contributed by atoms with van der Waals surface area (Å²) in [6.07, 6.45) is 5.84. The molecule has 0 amide bonds. The number of hydrogen-bond donors (Lipinski definition) is 0. The Kier molecular flexibility index (Phi) is 2.32. The first-order chi connectivity index (χ1) is 6.34. The van der Waals surface area contributed by atoms with Crippen LogP contribution in [0.2, 0.25) is 5.15 Å². The lowest BCUT2D eigenvalue weighted by atomic mass is 10.3. The normalized spacial score (nSPS) is 10.2. The van der Waals surface area contributed by atoms with E-state index < -0.39 is 0 Å². The molecule has 13 heavy (non-hydrogen) atoms. The molecule has 0 spiro atoms. The molecular formula is C10H9ClN2. The minimum absolute atomic E-state index is 0.538. The van der Waals surface area contributed by atoms with Crippen molar-refractivity contribution in [3.05, 3.63) is 53.6 Å². The van der Waals surface area contributed by atoms with Crippen LogP contribution in [0.1, 0.15) is 5.56 Å². The Morgan fingerprint density at radius 2 is 2.00 bits per heavy atom. The SMILES string of the molecule is Clc1ccc(Cn2cccc2)cn1. The quantitative estimate of drug-likeness (QED) is 0.669. The molecule has 2 aromatic heterocycles. The van der Waals surface area contributed by atoms with Crippen LogP contribution in [0.3, 0.4) is 0 Å². The van der Waals surface area contributed by atoms with Crippen LogP contribution < -0.4 is 0 Å². The smallest absolute Gasteiger partial charge is 0.129 e. The Balaban J connectivity index is 2.15. The van der Waals surface area contributed by atoms with Gasteiger partial charge in [-0.1, -0.05) is 17.7 Å². The van der Waals surface area contributed by atoms with Crippen molar-refractivity contribution in [2.24, 2.45) is 0 Å². The second-order valence-electron chi connectivity index (χ2n) is 2.84. The summed E-state index contributed by atoms with van der Waals surface area (Å²) >= 11 is 5.68. The second-order valence-corrected chi connectivity index (χ2v) is 3.23. The van der Waals surface area contributed by atoms with E-state index >= 15 is 0 Å². The largest absolute Gasteiger partial charge is 0.350 e. The predicted octanol–water partition coefficient (Wildman–Crippen LogP) is 2.58. The summed E-state index contributed by atoms with van der Waals surface area (Å²) in [5, 5.41) is 0.538. The van der Waals surface area contributed by atoms with Crippen LogP contribution in [0, 0.1) is 0 Å². The molecule has 0 aliphatic rings. The topological polar surface area (TPSA) is 17.8 Å². The Hall–Kier alpha value is -1.28. The monoisotopic (exact) mass is 192 g/mol. The molecule has 0 fully saturated rings. The van der Waals surface area contributed by atoms with Crippen molar-refractivity contribution in [3.8, 4) is 0 Å². The van der Waals surface area contributed by atoms with Crippen molar-refractivity contribution in [3.63, 3.8) is 0 Å². The van der Waals surface area contributed by atoms with Gasteiger partial charge in [0, 0.05) is 25.1 Å². The fraction of sp³-hybridized carbons (Fsp3) is 0.100. The Labute approximate surface area is 81.8 Å². The van der Waals surface area contributed by atoms with Crippen molar-refractivity contribution in [2.45, 2.75) is 6.54 Å². The first-order valence-corrected chi connectivity index (χ1v) is 4.43. The number of pyridine rings is 1. The zero-order chi connectivity index (χ0) is 9.10. The summed E-state index contributed by atoms with van der Waals surface area (Å²) in [6.45, 7) is 0.844. The van der Waals surface area contributed by atoms with Crippen molar-refractivity contribution < 1.29 is 0 Å². The van der Waals surface area contributed by atoms with E-state index in [0.717, 1.165) is 12.1 Å². The van der Waals surface area contributed by atoms with Crippen molar-refractivity contribution in [1.82, 2.24) is 9.55 Å². The second kappa shape index (κ2) is 3.62. The lowest BCUT2D eigenvalue weighted by molar-refractivity contribution is 0.802. The molecule has 2 nitrogen and oxygen atoms in total. The minimum Gasteiger partial charge on any atom is -0.350 e. The summed E-state index contributed by atoms with van der Waals surface area (Å²) in [5.74, 6) is 0. The molecule has 0 N–H and O–H groups in total. The van der Waals surface area contributed by atoms with E-state index in [1.54, 1.807) is 12.3 Å². The standard InChI is InChI=1S/C10H9ClN2/c11-10-4-3-9(7-12-10)8-13-5-1-2-6-13/h1-7H,8H2. The molecule has 2 rings (SSSR count).